The molecule has 0 radical (unpaired) electrons. The number of rotatable bonds is 9. The zero-order valence-corrected chi connectivity index (χ0v) is 17.2. The van der Waals surface area contributed by atoms with Gasteiger partial charge in [-0.1, -0.05) is 6.08 Å². The van der Waals surface area contributed by atoms with Crippen molar-refractivity contribution < 1.29 is 19.0 Å². The Hall–Kier alpha value is -0.190. The second-order valence-electron chi connectivity index (χ2n) is 4.79. The molecule has 1 atom stereocenters. The average Bonchev–Trinajstić information content (AvgIpc) is 2.47. The zero-order valence-electron chi connectivity index (χ0n) is 12.9. The van der Waals surface area contributed by atoms with Gasteiger partial charge in [0.05, 0.1) is 7.14 Å². The molecule has 22 heavy (non-hydrogen) atoms. The SMILES string of the molecule is C=CC(CC(OC)OC)C(=O)COc1c(I)cc(C)cc1I. The first-order chi connectivity index (χ1) is 10.4. The first kappa shape index (κ1) is 19.9. The summed E-state index contributed by atoms with van der Waals surface area (Å²) in [4.78, 5) is 12.3. The van der Waals surface area contributed by atoms with Gasteiger partial charge in [-0.2, -0.15) is 0 Å². The van der Waals surface area contributed by atoms with E-state index in [0.717, 1.165) is 12.9 Å². The van der Waals surface area contributed by atoms with Crippen molar-refractivity contribution in [2.45, 2.75) is 19.6 Å². The largest absolute Gasteiger partial charge is 0.484 e. The van der Waals surface area contributed by atoms with Crippen molar-refractivity contribution >= 4 is 51.0 Å². The molecule has 0 heterocycles. The highest BCUT2D eigenvalue weighted by atomic mass is 127. The molecule has 0 fully saturated rings. The number of halogens is 2. The maximum Gasteiger partial charge on any atom is 0.177 e. The molecule has 0 aliphatic heterocycles. The fourth-order valence-electron chi connectivity index (χ4n) is 1.93. The molecule has 1 aromatic carbocycles. The van der Waals surface area contributed by atoms with Gasteiger partial charge in [0.15, 0.2) is 12.1 Å². The highest BCUT2D eigenvalue weighted by molar-refractivity contribution is 14.1. The van der Waals surface area contributed by atoms with Crippen LogP contribution >= 0.6 is 45.2 Å². The summed E-state index contributed by atoms with van der Waals surface area (Å²) >= 11 is 4.43. The van der Waals surface area contributed by atoms with Crippen molar-refractivity contribution in [1.29, 1.82) is 0 Å². The van der Waals surface area contributed by atoms with E-state index in [0.29, 0.717) is 6.42 Å². The Kier molecular flexibility index (Phi) is 8.88. The predicted octanol–water partition coefficient (Wildman–Crippen LogP) is 3.96. The van der Waals surface area contributed by atoms with Gasteiger partial charge in [-0.05, 0) is 69.8 Å². The number of methoxy groups -OCH3 is 2. The lowest BCUT2D eigenvalue weighted by Crippen LogP contribution is -2.26. The molecule has 0 amide bonds. The Morgan fingerprint density at radius 2 is 1.82 bits per heavy atom. The topological polar surface area (TPSA) is 44.8 Å². The van der Waals surface area contributed by atoms with Gasteiger partial charge in [0, 0.05) is 26.6 Å². The summed E-state index contributed by atoms with van der Waals surface area (Å²) < 4.78 is 18.0. The lowest BCUT2D eigenvalue weighted by atomic mass is 10.0. The van der Waals surface area contributed by atoms with E-state index in [1.54, 1.807) is 20.3 Å². The monoisotopic (exact) mass is 530 g/mol. The molecule has 0 saturated heterocycles. The fraction of sp³-hybridized carbons (Fsp3) is 0.438. The summed E-state index contributed by atoms with van der Waals surface area (Å²) in [6.45, 7) is 5.75. The second-order valence-corrected chi connectivity index (χ2v) is 7.12. The van der Waals surface area contributed by atoms with Gasteiger partial charge in [-0.25, -0.2) is 0 Å². The minimum atomic E-state index is -0.424. The summed E-state index contributed by atoms with van der Waals surface area (Å²) in [5, 5.41) is 0. The summed E-state index contributed by atoms with van der Waals surface area (Å²) in [5.41, 5.74) is 1.17. The van der Waals surface area contributed by atoms with E-state index < -0.39 is 6.29 Å². The molecule has 0 bridgehead atoms. The Labute approximate surface area is 158 Å². The van der Waals surface area contributed by atoms with E-state index in [-0.39, 0.29) is 18.3 Å². The third-order valence-electron chi connectivity index (χ3n) is 3.17. The number of Topliss-reactive ketones (excluding diaryl/α,β-unsaturated/α-hetero) is 1. The third-order valence-corrected chi connectivity index (χ3v) is 4.77. The molecule has 0 aliphatic carbocycles. The molecule has 0 N–H and O–H groups in total. The first-order valence-electron chi connectivity index (χ1n) is 6.72. The van der Waals surface area contributed by atoms with E-state index in [1.165, 1.54) is 5.56 Å². The quantitative estimate of drug-likeness (QED) is 0.276. The van der Waals surface area contributed by atoms with Crippen LogP contribution in [0.5, 0.6) is 5.75 Å². The Balaban J connectivity index is 2.70. The summed E-state index contributed by atoms with van der Waals surface area (Å²) in [6.07, 6.45) is 1.62. The molecule has 0 spiro atoms. The van der Waals surface area contributed by atoms with E-state index in [2.05, 4.69) is 51.8 Å². The van der Waals surface area contributed by atoms with E-state index in [4.69, 9.17) is 14.2 Å². The van der Waals surface area contributed by atoms with Gasteiger partial charge in [0.2, 0.25) is 0 Å². The Morgan fingerprint density at radius 1 is 1.27 bits per heavy atom. The van der Waals surface area contributed by atoms with Crippen LogP contribution in [0.15, 0.2) is 24.8 Å². The average molecular weight is 530 g/mol. The number of allylic oxidation sites excluding steroid dienone is 1. The van der Waals surface area contributed by atoms with Crippen LogP contribution in [0.25, 0.3) is 0 Å². The van der Waals surface area contributed by atoms with Crippen LogP contribution in [0.1, 0.15) is 12.0 Å². The number of carbonyl (C=O) groups is 1. The third kappa shape index (κ3) is 5.78. The summed E-state index contributed by atoms with van der Waals surface area (Å²) in [5.74, 6) is 0.352. The normalized spacial score (nSPS) is 12.3. The van der Waals surface area contributed by atoms with Crippen LogP contribution in [0.3, 0.4) is 0 Å². The minimum absolute atomic E-state index is 0.00585. The van der Waals surface area contributed by atoms with Gasteiger partial charge in [0.25, 0.3) is 0 Å². The Morgan fingerprint density at radius 3 is 2.27 bits per heavy atom. The van der Waals surface area contributed by atoms with Crippen LogP contribution in [-0.4, -0.2) is 32.9 Å². The molecular weight excluding hydrogens is 510 g/mol. The van der Waals surface area contributed by atoms with E-state index >= 15 is 0 Å². The van der Waals surface area contributed by atoms with Crippen LogP contribution in [0, 0.1) is 20.0 Å². The molecule has 0 saturated carbocycles. The van der Waals surface area contributed by atoms with Crippen molar-refractivity contribution in [1.82, 2.24) is 0 Å². The molecule has 1 aromatic rings. The first-order valence-corrected chi connectivity index (χ1v) is 8.88. The van der Waals surface area contributed by atoms with Gasteiger partial charge in [-0.15, -0.1) is 6.58 Å². The standard InChI is InChI=1S/C16H20I2O4/c1-5-11(8-15(20-3)21-4)14(19)9-22-16-12(17)6-10(2)7-13(16)18/h5-7,11,15H,1,8-9H2,2-4H3. The number of carbonyl (C=O) groups excluding carboxylic acids is 1. The second kappa shape index (κ2) is 9.84. The van der Waals surface area contributed by atoms with Gasteiger partial charge in [0.1, 0.15) is 12.4 Å². The number of benzene rings is 1. The van der Waals surface area contributed by atoms with Crippen molar-refractivity contribution in [2.24, 2.45) is 5.92 Å². The fourth-order valence-corrected chi connectivity index (χ4v) is 4.32. The smallest absolute Gasteiger partial charge is 0.177 e. The Bertz CT molecular complexity index is 504. The van der Waals surface area contributed by atoms with Crippen molar-refractivity contribution in [3.63, 3.8) is 0 Å². The minimum Gasteiger partial charge on any atom is -0.484 e. The molecule has 4 nitrogen and oxygen atoms in total. The van der Waals surface area contributed by atoms with Crippen LogP contribution < -0.4 is 4.74 Å². The summed E-state index contributed by atoms with van der Waals surface area (Å²) in [7, 11) is 3.10. The number of hydrogen-bond acceptors (Lipinski definition) is 4. The maximum absolute atomic E-state index is 12.3. The number of ketones is 1. The van der Waals surface area contributed by atoms with Crippen molar-refractivity contribution in [3.8, 4) is 5.75 Å². The van der Waals surface area contributed by atoms with Gasteiger partial charge >= 0.3 is 0 Å². The maximum atomic E-state index is 12.3. The van der Waals surface area contributed by atoms with Crippen molar-refractivity contribution in [3.05, 3.63) is 37.5 Å². The molecular formula is C16H20I2O4. The number of hydrogen-bond donors (Lipinski definition) is 0. The van der Waals surface area contributed by atoms with Crippen molar-refractivity contribution in [2.75, 3.05) is 20.8 Å². The molecule has 0 aromatic heterocycles. The predicted molar refractivity (Wildman–Crippen MR) is 103 cm³/mol. The lowest BCUT2D eigenvalue weighted by molar-refractivity contribution is -0.133. The highest BCUT2D eigenvalue weighted by Crippen LogP contribution is 2.29. The van der Waals surface area contributed by atoms with Crippen LogP contribution in [0.2, 0.25) is 0 Å². The van der Waals surface area contributed by atoms with Gasteiger partial charge < -0.3 is 14.2 Å². The number of aryl methyl sites for hydroxylation is 1. The van der Waals surface area contributed by atoms with Crippen LogP contribution in [-0.2, 0) is 14.3 Å². The summed E-state index contributed by atoms with van der Waals surface area (Å²) in [6, 6.07) is 4.05. The zero-order chi connectivity index (χ0) is 16.7. The molecule has 6 heteroatoms. The lowest BCUT2D eigenvalue weighted by Gasteiger charge is -2.18. The molecule has 0 aliphatic rings. The van der Waals surface area contributed by atoms with E-state index in [1.807, 2.05) is 19.1 Å². The van der Waals surface area contributed by atoms with Crippen LogP contribution in [0.4, 0.5) is 0 Å². The van der Waals surface area contributed by atoms with Gasteiger partial charge in [-0.3, -0.25) is 4.79 Å². The molecule has 1 unspecified atom stereocenters. The molecule has 1 rings (SSSR count). The number of ether oxygens (including phenoxy) is 3. The highest BCUT2D eigenvalue weighted by Gasteiger charge is 2.21. The molecule has 122 valence electrons. The van der Waals surface area contributed by atoms with E-state index in [9.17, 15) is 4.79 Å².